The van der Waals surface area contributed by atoms with Gasteiger partial charge in [0.1, 0.15) is 5.56 Å². The molecule has 0 bridgehead atoms. The smallest absolute Gasteiger partial charge is 0.366 e. The van der Waals surface area contributed by atoms with Crippen molar-refractivity contribution in [2.45, 2.75) is 25.1 Å². The lowest BCUT2D eigenvalue weighted by Gasteiger charge is -2.24. The minimum Gasteiger partial charge on any atom is -0.366 e. The summed E-state index contributed by atoms with van der Waals surface area (Å²) in [6.07, 6.45) is 1.47. The van der Waals surface area contributed by atoms with Crippen LogP contribution >= 0.6 is 0 Å². The number of nitrogens with zero attached hydrogens (tertiary/aromatic N) is 2. The van der Waals surface area contributed by atoms with E-state index in [-0.39, 0.29) is 17.7 Å². The molecular formula is C20H20F3N5. The maximum absolute atomic E-state index is 13.6. The minimum absolute atomic E-state index is 0.0955. The standard InChI is InChI=1S/C20H20F3N5/c21-20(22,23)17-12-26-19(27-14-7-4-8-24-9-14)28-18(17)16-11-25-10-15(16)13-5-2-1-3-6-13/h1-3,5-6,10-12,14,24-25H,4,7-9H2,(H,26,27,28). The first kappa shape index (κ1) is 18.5. The molecular weight excluding hydrogens is 367 g/mol. The second-order valence-electron chi connectivity index (χ2n) is 6.79. The zero-order valence-corrected chi connectivity index (χ0v) is 15.1. The Morgan fingerprint density at radius 2 is 1.86 bits per heavy atom. The van der Waals surface area contributed by atoms with E-state index in [4.69, 9.17) is 0 Å². The number of aromatic nitrogens is 3. The van der Waals surface area contributed by atoms with E-state index >= 15 is 0 Å². The van der Waals surface area contributed by atoms with Gasteiger partial charge in [-0.25, -0.2) is 9.97 Å². The van der Waals surface area contributed by atoms with Gasteiger partial charge < -0.3 is 15.6 Å². The number of alkyl halides is 3. The van der Waals surface area contributed by atoms with Crippen molar-refractivity contribution in [2.24, 2.45) is 0 Å². The summed E-state index contributed by atoms with van der Waals surface area (Å²) in [5.41, 5.74) is 0.891. The van der Waals surface area contributed by atoms with Gasteiger partial charge >= 0.3 is 6.18 Å². The van der Waals surface area contributed by atoms with Gasteiger partial charge in [0.15, 0.2) is 0 Å². The number of halogens is 3. The van der Waals surface area contributed by atoms with Crippen molar-refractivity contribution in [1.82, 2.24) is 20.3 Å². The average Bonchev–Trinajstić information content (AvgIpc) is 3.18. The van der Waals surface area contributed by atoms with Crippen LogP contribution in [0, 0.1) is 0 Å². The van der Waals surface area contributed by atoms with Gasteiger partial charge in [-0.05, 0) is 24.9 Å². The van der Waals surface area contributed by atoms with E-state index in [9.17, 15) is 13.2 Å². The van der Waals surface area contributed by atoms with Crippen molar-refractivity contribution in [3.05, 3.63) is 54.5 Å². The molecule has 146 valence electrons. The Kier molecular flexibility index (Phi) is 5.04. The average molecular weight is 387 g/mol. The van der Waals surface area contributed by atoms with Crippen LogP contribution in [0.15, 0.2) is 48.9 Å². The summed E-state index contributed by atoms with van der Waals surface area (Å²) in [4.78, 5) is 11.1. The summed E-state index contributed by atoms with van der Waals surface area (Å²) in [6, 6.07) is 9.36. The van der Waals surface area contributed by atoms with Crippen LogP contribution in [0.4, 0.5) is 19.1 Å². The highest BCUT2D eigenvalue weighted by Gasteiger charge is 2.36. The van der Waals surface area contributed by atoms with Crippen LogP contribution in [-0.4, -0.2) is 34.1 Å². The first-order valence-electron chi connectivity index (χ1n) is 9.16. The maximum atomic E-state index is 13.6. The Hall–Kier alpha value is -2.87. The molecule has 3 N–H and O–H groups in total. The largest absolute Gasteiger partial charge is 0.419 e. The van der Waals surface area contributed by atoms with Gasteiger partial charge in [0.2, 0.25) is 5.95 Å². The van der Waals surface area contributed by atoms with E-state index in [2.05, 4.69) is 25.6 Å². The fourth-order valence-corrected chi connectivity index (χ4v) is 3.44. The van der Waals surface area contributed by atoms with E-state index in [1.54, 1.807) is 12.4 Å². The summed E-state index contributed by atoms with van der Waals surface area (Å²) in [5, 5.41) is 6.42. The summed E-state index contributed by atoms with van der Waals surface area (Å²) in [5.74, 6) is 0.205. The lowest BCUT2D eigenvalue weighted by Crippen LogP contribution is -2.38. The third-order valence-electron chi connectivity index (χ3n) is 4.81. The number of rotatable bonds is 4. The molecule has 0 saturated carbocycles. The van der Waals surface area contributed by atoms with Crippen LogP contribution in [0.3, 0.4) is 0 Å². The van der Waals surface area contributed by atoms with Crippen LogP contribution < -0.4 is 10.6 Å². The van der Waals surface area contributed by atoms with Crippen LogP contribution in [0.5, 0.6) is 0 Å². The Labute approximate surface area is 160 Å². The highest BCUT2D eigenvalue weighted by atomic mass is 19.4. The third kappa shape index (κ3) is 3.87. The van der Waals surface area contributed by atoms with Crippen molar-refractivity contribution >= 4 is 5.95 Å². The molecule has 2 aromatic heterocycles. The van der Waals surface area contributed by atoms with Crippen molar-refractivity contribution in [3.8, 4) is 22.4 Å². The fourth-order valence-electron chi connectivity index (χ4n) is 3.44. The number of piperidine rings is 1. The van der Waals surface area contributed by atoms with E-state index < -0.39 is 11.7 Å². The number of hydrogen-bond donors (Lipinski definition) is 3. The molecule has 8 heteroatoms. The molecule has 28 heavy (non-hydrogen) atoms. The first-order valence-corrected chi connectivity index (χ1v) is 9.16. The number of aromatic amines is 1. The lowest BCUT2D eigenvalue weighted by molar-refractivity contribution is -0.137. The summed E-state index contributed by atoms with van der Waals surface area (Å²) >= 11 is 0. The number of H-pyrrole nitrogens is 1. The molecule has 1 saturated heterocycles. The van der Waals surface area contributed by atoms with Crippen molar-refractivity contribution < 1.29 is 13.2 Å². The summed E-state index contributed by atoms with van der Waals surface area (Å²) < 4.78 is 40.9. The second kappa shape index (κ2) is 7.63. The molecule has 1 aliphatic rings. The zero-order valence-electron chi connectivity index (χ0n) is 15.1. The van der Waals surface area contributed by atoms with Gasteiger partial charge in [0.25, 0.3) is 0 Å². The molecule has 1 aromatic carbocycles. The van der Waals surface area contributed by atoms with Gasteiger partial charge in [-0.1, -0.05) is 30.3 Å². The van der Waals surface area contributed by atoms with Crippen LogP contribution in [-0.2, 0) is 6.18 Å². The summed E-state index contributed by atoms with van der Waals surface area (Å²) in [6.45, 7) is 1.68. The zero-order chi connectivity index (χ0) is 19.6. The fraction of sp³-hybridized carbons (Fsp3) is 0.300. The molecule has 0 amide bonds. The van der Waals surface area contributed by atoms with E-state index in [1.807, 2.05) is 30.3 Å². The molecule has 3 aromatic rings. The summed E-state index contributed by atoms with van der Waals surface area (Å²) in [7, 11) is 0. The molecule has 0 spiro atoms. The quantitative estimate of drug-likeness (QED) is 0.624. The van der Waals surface area contributed by atoms with Gasteiger partial charge in [-0.3, -0.25) is 0 Å². The second-order valence-corrected chi connectivity index (χ2v) is 6.79. The monoisotopic (exact) mass is 387 g/mol. The van der Waals surface area contributed by atoms with Gasteiger partial charge in [0, 0.05) is 42.3 Å². The van der Waals surface area contributed by atoms with Crippen LogP contribution in [0.1, 0.15) is 18.4 Å². The third-order valence-corrected chi connectivity index (χ3v) is 4.81. The number of hydrogen-bond acceptors (Lipinski definition) is 4. The van der Waals surface area contributed by atoms with E-state index in [0.717, 1.165) is 37.7 Å². The van der Waals surface area contributed by atoms with Gasteiger partial charge in [-0.15, -0.1) is 0 Å². The van der Waals surface area contributed by atoms with E-state index in [0.29, 0.717) is 11.1 Å². The Morgan fingerprint density at radius 3 is 2.57 bits per heavy atom. The van der Waals surface area contributed by atoms with Crippen molar-refractivity contribution in [2.75, 3.05) is 18.4 Å². The predicted octanol–water partition coefficient (Wildman–Crippen LogP) is 4.32. The highest BCUT2D eigenvalue weighted by molar-refractivity contribution is 5.83. The number of nitrogens with one attached hydrogen (secondary N) is 3. The molecule has 1 fully saturated rings. The SMILES string of the molecule is FC(F)(F)c1cnc(NC2CCCNC2)nc1-c1c[nH]cc1-c1ccccc1. The Bertz CT molecular complexity index is 931. The number of anilines is 1. The molecule has 0 aliphatic carbocycles. The van der Waals surface area contributed by atoms with Crippen LogP contribution in [0.25, 0.3) is 22.4 Å². The number of benzene rings is 1. The topological polar surface area (TPSA) is 65.6 Å². The van der Waals surface area contributed by atoms with Crippen molar-refractivity contribution in [3.63, 3.8) is 0 Å². The first-order chi connectivity index (χ1) is 13.5. The van der Waals surface area contributed by atoms with E-state index in [1.165, 1.54) is 0 Å². The lowest BCUT2D eigenvalue weighted by atomic mass is 10.00. The molecule has 4 rings (SSSR count). The molecule has 5 nitrogen and oxygen atoms in total. The highest BCUT2D eigenvalue weighted by Crippen LogP contribution is 2.39. The van der Waals surface area contributed by atoms with Gasteiger partial charge in [0.05, 0.1) is 5.69 Å². The van der Waals surface area contributed by atoms with Gasteiger partial charge in [-0.2, -0.15) is 13.2 Å². The Morgan fingerprint density at radius 1 is 1.07 bits per heavy atom. The molecule has 1 aliphatic heterocycles. The molecule has 1 unspecified atom stereocenters. The van der Waals surface area contributed by atoms with Crippen LogP contribution in [0.2, 0.25) is 0 Å². The Balaban J connectivity index is 1.76. The molecule has 0 radical (unpaired) electrons. The molecule has 1 atom stereocenters. The minimum atomic E-state index is -4.55. The normalized spacial score (nSPS) is 17.5. The maximum Gasteiger partial charge on any atom is 0.419 e. The van der Waals surface area contributed by atoms with Crippen molar-refractivity contribution in [1.29, 1.82) is 0 Å². The predicted molar refractivity (Wildman–Crippen MR) is 102 cm³/mol. The molecule has 3 heterocycles.